The predicted octanol–water partition coefficient (Wildman–Crippen LogP) is 2.55. The normalized spacial score (nSPS) is 19.4. The summed E-state index contributed by atoms with van der Waals surface area (Å²) in [5.41, 5.74) is 0. The third-order valence-electron chi connectivity index (χ3n) is 3.41. The molecule has 3 nitrogen and oxygen atoms in total. The zero-order chi connectivity index (χ0) is 12.7. The van der Waals surface area contributed by atoms with Crippen LogP contribution in [0.3, 0.4) is 0 Å². The third-order valence-corrected chi connectivity index (χ3v) is 3.41. The summed E-state index contributed by atoms with van der Waals surface area (Å²) in [7, 11) is 0. The molecule has 1 aliphatic rings. The second kappa shape index (κ2) is 8.06. The van der Waals surface area contributed by atoms with Crippen LogP contribution in [0.4, 0.5) is 0 Å². The number of nitrogens with zero attached hydrogens (tertiary/aromatic N) is 1. The van der Waals surface area contributed by atoms with E-state index in [0.29, 0.717) is 12.1 Å². The van der Waals surface area contributed by atoms with E-state index < -0.39 is 0 Å². The highest BCUT2D eigenvalue weighted by Gasteiger charge is 2.20. The van der Waals surface area contributed by atoms with E-state index in [1.54, 1.807) is 0 Å². The van der Waals surface area contributed by atoms with Crippen molar-refractivity contribution in [1.29, 1.82) is 0 Å². The van der Waals surface area contributed by atoms with Crippen molar-refractivity contribution in [2.24, 2.45) is 5.92 Å². The molecular formula is C14H29NO2. The van der Waals surface area contributed by atoms with Crippen LogP contribution < -0.4 is 0 Å². The molecule has 1 aliphatic heterocycles. The van der Waals surface area contributed by atoms with Gasteiger partial charge in [-0.1, -0.05) is 0 Å². The second-order valence-corrected chi connectivity index (χ2v) is 5.57. The first-order valence-electron chi connectivity index (χ1n) is 7.03. The monoisotopic (exact) mass is 243 g/mol. The van der Waals surface area contributed by atoms with Gasteiger partial charge in [0.25, 0.3) is 0 Å². The number of rotatable bonds is 7. The molecule has 0 atom stereocenters. The van der Waals surface area contributed by atoms with E-state index in [2.05, 4.69) is 32.6 Å². The number of likely N-dealkylation sites (tertiary alicyclic amines) is 1. The van der Waals surface area contributed by atoms with E-state index >= 15 is 0 Å². The highest BCUT2D eigenvalue weighted by molar-refractivity contribution is 4.74. The van der Waals surface area contributed by atoms with Crippen molar-refractivity contribution in [3.8, 4) is 0 Å². The summed E-state index contributed by atoms with van der Waals surface area (Å²) >= 11 is 0. The Kier molecular flexibility index (Phi) is 7.09. The molecule has 1 heterocycles. The minimum absolute atomic E-state index is 0.313. The molecule has 0 spiro atoms. The van der Waals surface area contributed by atoms with E-state index in [-0.39, 0.29) is 0 Å². The third kappa shape index (κ3) is 6.39. The molecule has 17 heavy (non-hydrogen) atoms. The molecule has 0 unspecified atom stereocenters. The Labute approximate surface area is 106 Å². The molecule has 3 heteroatoms. The van der Waals surface area contributed by atoms with Crippen molar-refractivity contribution >= 4 is 0 Å². The van der Waals surface area contributed by atoms with E-state index in [9.17, 15) is 0 Å². The molecule has 0 N–H and O–H groups in total. The molecule has 0 bridgehead atoms. The molecule has 0 saturated carbocycles. The maximum absolute atomic E-state index is 5.68. The SMILES string of the molecule is CC(C)OCCOCC1CCN(C(C)C)CC1. The Bertz CT molecular complexity index is 187. The van der Waals surface area contributed by atoms with E-state index in [1.165, 1.54) is 25.9 Å². The van der Waals surface area contributed by atoms with Crippen LogP contribution in [-0.2, 0) is 9.47 Å². The molecule has 0 radical (unpaired) electrons. The number of piperidine rings is 1. The summed E-state index contributed by atoms with van der Waals surface area (Å²) in [6.07, 6.45) is 2.87. The van der Waals surface area contributed by atoms with Gasteiger partial charge in [-0.15, -0.1) is 0 Å². The molecule has 0 aromatic carbocycles. The molecule has 0 aromatic heterocycles. The van der Waals surface area contributed by atoms with Gasteiger partial charge < -0.3 is 14.4 Å². The number of hydrogen-bond acceptors (Lipinski definition) is 3. The van der Waals surface area contributed by atoms with Crippen LogP contribution >= 0.6 is 0 Å². The summed E-state index contributed by atoms with van der Waals surface area (Å²) in [5.74, 6) is 0.754. The average Bonchev–Trinajstić information content (AvgIpc) is 2.29. The largest absolute Gasteiger partial charge is 0.379 e. The first-order valence-corrected chi connectivity index (χ1v) is 7.03. The Balaban J connectivity index is 1.99. The molecule has 102 valence electrons. The Morgan fingerprint density at radius 2 is 1.71 bits per heavy atom. The van der Waals surface area contributed by atoms with Crippen LogP contribution in [0.2, 0.25) is 0 Å². The lowest BCUT2D eigenvalue weighted by molar-refractivity contribution is 0.000855. The van der Waals surface area contributed by atoms with Crippen LogP contribution in [-0.4, -0.2) is 50.0 Å². The maximum atomic E-state index is 5.68. The summed E-state index contributed by atoms with van der Waals surface area (Å²) < 4.78 is 11.1. The summed E-state index contributed by atoms with van der Waals surface area (Å²) in [6.45, 7) is 13.5. The fourth-order valence-corrected chi connectivity index (χ4v) is 2.23. The molecule has 0 amide bonds. The topological polar surface area (TPSA) is 21.7 Å². The lowest BCUT2D eigenvalue weighted by atomic mass is 9.97. The molecule has 0 aliphatic carbocycles. The van der Waals surface area contributed by atoms with Gasteiger partial charge in [0.15, 0.2) is 0 Å². The number of hydrogen-bond donors (Lipinski definition) is 0. The van der Waals surface area contributed by atoms with Crippen molar-refractivity contribution in [2.75, 3.05) is 32.9 Å². The van der Waals surface area contributed by atoms with Crippen LogP contribution in [0.15, 0.2) is 0 Å². The highest BCUT2D eigenvalue weighted by atomic mass is 16.5. The lowest BCUT2D eigenvalue weighted by Gasteiger charge is -2.34. The van der Waals surface area contributed by atoms with Gasteiger partial charge in [-0.05, 0) is 59.5 Å². The average molecular weight is 243 g/mol. The first kappa shape index (κ1) is 14.9. The lowest BCUT2D eigenvalue weighted by Crippen LogP contribution is -2.39. The van der Waals surface area contributed by atoms with Gasteiger partial charge in [-0.25, -0.2) is 0 Å². The molecular weight excluding hydrogens is 214 g/mol. The van der Waals surface area contributed by atoms with E-state index in [4.69, 9.17) is 9.47 Å². The van der Waals surface area contributed by atoms with E-state index in [1.807, 2.05) is 0 Å². The summed E-state index contributed by atoms with van der Waals surface area (Å²) in [4.78, 5) is 2.55. The zero-order valence-electron chi connectivity index (χ0n) is 11.9. The van der Waals surface area contributed by atoms with Gasteiger partial charge in [-0.2, -0.15) is 0 Å². The Morgan fingerprint density at radius 1 is 1.06 bits per heavy atom. The molecule has 1 fully saturated rings. The Morgan fingerprint density at radius 3 is 2.24 bits per heavy atom. The predicted molar refractivity (Wildman–Crippen MR) is 71.3 cm³/mol. The maximum Gasteiger partial charge on any atom is 0.0703 e. The van der Waals surface area contributed by atoms with Crippen LogP contribution in [0.1, 0.15) is 40.5 Å². The fraction of sp³-hybridized carbons (Fsp3) is 1.00. The van der Waals surface area contributed by atoms with Crippen LogP contribution in [0.25, 0.3) is 0 Å². The standard InChI is InChI=1S/C14H29NO2/c1-12(2)15-7-5-14(6-8-15)11-16-9-10-17-13(3)4/h12-14H,5-11H2,1-4H3. The zero-order valence-corrected chi connectivity index (χ0v) is 11.9. The summed E-state index contributed by atoms with van der Waals surface area (Å²) in [5, 5.41) is 0. The van der Waals surface area contributed by atoms with E-state index in [0.717, 1.165) is 25.7 Å². The summed E-state index contributed by atoms with van der Waals surface area (Å²) in [6, 6.07) is 0.691. The van der Waals surface area contributed by atoms with Gasteiger partial charge in [-0.3, -0.25) is 0 Å². The first-order chi connectivity index (χ1) is 8.09. The molecule has 1 saturated heterocycles. The Hall–Kier alpha value is -0.120. The van der Waals surface area contributed by atoms with Crippen LogP contribution in [0.5, 0.6) is 0 Å². The molecule has 0 aromatic rings. The minimum Gasteiger partial charge on any atom is -0.379 e. The van der Waals surface area contributed by atoms with Crippen molar-refractivity contribution in [2.45, 2.75) is 52.7 Å². The van der Waals surface area contributed by atoms with Gasteiger partial charge in [0.1, 0.15) is 0 Å². The van der Waals surface area contributed by atoms with Crippen molar-refractivity contribution in [1.82, 2.24) is 4.90 Å². The smallest absolute Gasteiger partial charge is 0.0703 e. The highest BCUT2D eigenvalue weighted by Crippen LogP contribution is 2.18. The van der Waals surface area contributed by atoms with Crippen molar-refractivity contribution in [3.05, 3.63) is 0 Å². The number of ether oxygens (including phenoxy) is 2. The van der Waals surface area contributed by atoms with Crippen LogP contribution in [0, 0.1) is 5.92 Å². The van der Waals surface area contributed by atoms with Crippen molar-refractivity contribution in [3.63, 3.8) is 0 Å². The van der Waals surface area contributed by atoms with Gasteiger partial charge in [0, 0.05) is 12.6 Å². The minimum atomic E-state index is 0.313. The van der Waals surface area contributed by atoms with Gasteiger partial charge in [0.05, 0.1) is 19.3 Å². The van der Waals surface area contributed by atoms with Gasteiger partial charge >= 0.3 is 0 Å². The quantitative estimate of drug-likeness (QED) is 0.641. The van der Waals surface area contributed by atoms with Crippen molar-refractivity contribution < 1.29 is 9.47 Å². The van der Waals surface area contributed by atoms with Gasteiger partial charge in [0.2, 0.25) is 0 Å². The second-order valence-electron chi connectivity index (χ2n) is 5.57. The molecule has 1 rings (SSSR count). The fourth-order valence-electron chi connectivity index (χ4n) is 2.23.